The fourth-order valence-corrected chi connectivity index (χ4v) is 3.66. The van der Waals surface area contributed by atoms with Crippen molar-refractivity contribution in [2.45, 2.75) is 6.42 Å². The number of carbonyl (C=O) groups is 1. The maximum atomic E-state index is 14.1. The Morgan fingerprint density at radius 2 is 1.96 bits per heavy atom. The average molecular weight is 447 g/mol. The predicted molar refractivity (Wildman–Crippen MR) is 115 cm³/mol. The van der Waals surface area contributed by atoms with E-state index >= 15 is 0 Å². The Hall–Kier alpha value is -2.18. The third kappa shape index (κ3) is 5.00. The van der Waals surface area contributed by atoms with Crippen molar-refractivity contribution in [2.24, 2.45) is 0 Å². The summed E-state index contributed by atoms with van der Waals surface area (Å²) in [7, 11) is 3.60. The van der Waals surface area contributed by atoms with Crippen LogP contribution in [0.2, 0.25) is 0 Å². The van der Waals surface area contributed by atoms with Crippen molar-refractivity contribution in [1.82, 2.24) is 4.90 Å². The Labute approximate surface area is 173 Å². The van der Waals surface area contributed by atoms with Crippen LogP contribution in [0.3, 0.4) is 0 Å². The number of hydrogen-bond acceptors (Lipinski definition) is 4. The highest BCUT2D eigenvalue weighted by Gasteiger charge is 2.18. The summed E-state index contributed by atoms with van der Waals surface area (Å²) in [6, 6.07) is 10.3. The largest absolute Gasteiger partial charge is 0.497 e. The van der Waals surface area contributed by atoms with Gasteiger partial charge in [-0.05, 0) is 62.5 Å². The van der Waals surface area contributed by atoms with E-state index in [1.807, 2.05) is 18.2 Å². The second kappa shape index (κ2) is 9.34. The normalized spacial score (nSPS) is 15.6. The Balaban J connectivity index is 1.86. The topological polar surface area (TPSA) is 32.8 Å². The molecule has 0 saturated carbocycles. The van der Waals surface area contributed by atoms with Crippen molar-refractivity contribution in [3.8, 4) is 5.75 Å². The molecule has 3 rings (SSSR count). The Morgan fingerprint density at radius 1 is 1.14 bits per heavy atom. The number of likely N-dealkylation sites (N-methyl/N-ethyl adjacent to an activating group) is 1. The molecule has 2 aromatic carbocycles. The summed E-state index contributed by atoms with van der Waals surface area (Å²) in [4.78, 5) is 17.5. The van der Waals surface area contributed by atoms with Gasteiger partial charge in [0, 0.05) is 47.0 Å². The molecular weight excluding hydrogens is 423 g/mol. The van der Waals surface area contributed by atoms with E-state index in [1.54, 1.807) is 12.1 Å². The Bertz CT molecular complexity index is 885. The van der Waals surface area contributed by atoms with Gasteiger partial charge in [-0.3, -0.25) is 4.79 Å². The first-order valence-corrected chi connectivity index (χ1v) is 10.1. The van der Waals surface area contributed by atoms with Crippen molar-refractivity contribution >= 4 is 33.5 Å². The van der Waals surface area contributed by atoms with Crippen LogP contribution in [0.1, 0.15) is 22.3 Å². The van der Waals surface area contributed by atoms with Crippen molar-refractivity contribution < 1.29 is 13.9 Å². The van der Waals surface area contributed by atoms with Crippen LogP contribution >= 0.6 is 15.9 Å². The Morgan fingerprint density at radius 3 is 2.71 bits per heavy atom. The second-order valence-electron chi connectivity index (χ2n) is 6.89. The molecule has 0 spiro atoms. The molecule has 6 heteroatoms. The number of ketones is 1. The molecule has 1 fully saturated rings. The number of nitrogens with zero attached hydrogens (tertiary/aromatic N) is 2. The number of carbonyl (C=O) groups excluding carboxylic acids is 1. The molecule has 0 aliphatic carbocycles. The van der Waals surface area contributed by atoms with E-state index < -0.39 is 5.82 Å². The molecule has 0 N–H and O–H groups in total. The zero-order valence-electron chi connectivity index (χ0n) is 16.1. The number of allylic oxidation sites excluding steroid dienone is 1. The molecule has 0 aromatic heterocycles. The number of methoxy groups -OCH3 is 1. The number of anilines is 1. The van der Waals surface area contributed by atoms with Gasteiger partial charge in [0.2, 0.25) is 0 Å². The predicted octanol–water partition coefficient (Wildman–Crippen LogP) is 4.63. The highest BCUT2D eigenvalue weighted by molar-refractivity contribution is 9.10. The minimum Gasteiger partial charge on any atom is -0.497 e. The van der Waals surface area contributed by atoms with Gasteiger partial charge < -0.3 is 14.5 Å². The number of benzene rings is 2. The molecule has 0 atom stereocenters. The summed E-state index contributed by atoms with van der Waals surface area (Å²) in [5.41, 5.74) is 1.88. The molecule has 0 unspecified atom stereocenters. The van der Waals surface area contributed by atoms with Gasteiger partial charge in [0.25, 0.3) is 0 Å². The molecule has 0 amide bonds. The van der Waals surface area contributed by atoms with E-state index in [2.05, 4.69) is 32.8 Å². The van der Waals surface area contributed by atoms with Crippen LogP contribution in [0.5, 0.6) is 5.75 Å². The first-order valence-electron chi connectivity index (χ1n) is 9.27. The fraction of sp³-hybridized carbons (Fsp3) is 0.318. The molecule has 1 heterocycles. The number of hydrogen-bond donors (Lipinski definition) is 0. The van der Waals surface area contributed by atoms with Crippen molar-refractivity contribution in [3.63, 3.8) is 0 Å². The van der Waals surface area contributed by atoms with Crippen LogP contribution in [0, 0.1) is 5.82 Å². The van der Waals surface area contributed by atoms with Crippen molar-refractivity contribution in [3.05, 3.63) is 63.9 Å². The minimum absolute atomic E-state index is 0.149. The van der Waals surface area contributed by atoms with E-state index in [4.69, 9.17) is 4.74 Å². The number of rotatable bonds is 5. The van der Waals surface area contributed by atoms with E-state index in [-0.39, 0.29) is 5.78 Å². The zero-order chi connectivity index (χ0) is 20.1. The van der Waals surface area contributed by atoms with Crippen LogP contribution in [0.4, 0.5) is 10.1 Å². The third-order valence-corrected chi connectivity index (χ3v) is 5.40. The molecule has 1 aliphatic heterocycles. The lowest BCUT2D eigenvalue weighted by Gasteiger charge is -2.25. The summed E-state index contributed by atoms with van der Waals surface area (Å²) in [5.74, 6) is -0.126. The minimum atomic E-state index is -0.423. The highest BCUT2D eigenvalue weighted by atomic mass is 79.9. The Kier molecular flexibility index (Phi) is 6.86. The van der Waals surface area contributed by atoms with Gasteiger partial charge in [0.05, 0.1) is 7.11 Å². The van der Waals surface area contributed by atoms with Gasteiger partial charge in [-0.1, -0.05) is 15.9 Å². The van der Waals surface area contributed by atoms with Gasteiger partial charge in [0.15, 0.2) is 5.78 Å². The number of ether oxygens (including phenoxy) is 1. The summed E-state index contributed by atoms with van der Waals surface area (Å²) >= 11 is 3.46. The second-order valence-corrected chi connectivity index (χ2v) is 7.81. The van der Waals surface area contributed by atoms with Crippen LogP contribution in [-0.2, 0) is 0 Å². The first kappa shape index (κ1) is 20.6. The van der Waals surface area contributed by atoms with Gasteiger partial charge in [-0.15, -0.1) is 0 Å². The highest BCUT2D eigenvalue weighted by Crippen LogP contribution is 2.27. The molecular formula is C22H24BrFN2O2. The smallest absolute Gasteiger partial charge is 0.187 e. The first-order chi connectivity index (χ1) is 13.5. The van der Waals surface area contributed by atoms with Gasteiger partial charge >= 0.3 is 0 Å². The van der Waals surface area contributed by atoms with E-state index in [0.717, 1.165) is 42.8 Å². The molecule has 2 aromatic rings. The lowest BCUT2D eigenvalue weighted by molar-refractivity contribution is 0.104. The SMILES string of the molecule is COc1ccc(C=CC(=O)c2cc(Br)ccc2N2CCCN(C)CC2)c(F)c1. The summed E-state index contributed by atoms with van der Waals surface area (Å²) in [6.45, 7) is 3.78. The van der Waals surface area contributed by atoms with E-state index in [1.165, 1.54) is 25.3 Å². The summed E-state index contributed by atoms with van der Waals surface area (Å²) in [6.07, 6.45) is 3.99. The summed E-state index contributed by atoms with van der Waals surface area (Å²) < 4.78 is 20.0. The molecule has 148 valence electrons. The maximum absolute atomic E-state index is 14.1. The molecule has 4 nitrogen and oxygen atoms in total. The van der Waals surface area contributed by atoms with Gasteiger partial charge in [-0.25, -0.2) is 4.39 Å². The van der Waals surface area contributed by atoms with Gasteiger partial charge in [-0.2, -0.15) is 0 Å². The summed E-state index contributed by atoms with van der Waals surface area (Å²) in [5, 5.41) is 0. The lowest BCUT2D eigenvalue weighted by atomic mass is 10.1. The molecule has 1 aliphatic rings. The standard InChI is InChI=1S/C22H24BrFN2O2/c1-25-10-3-11-26(13-12-25)21-8-6-17(23)14-19(21)22(27)9-5-16-4-7-18(28-2)15-20(16)24/h4-9,14-15H,3,10-13H2,1-2H3. The quantitative estimate of drug-likeness (QED) is 0.494. The molecule has 0 radical (unpaired) electrons. The zero-order valence-corrected chi connectivity index (χ0v) is 17.7. The fourth-order valence-electron chi connectivity index (χ4n) is 3.29. The molecule has 1 saturated heterocycles. The van der Waals surface area contributed by atoms with Crippen LogP contribution in [-0.4, -0.2) is 51.0 Å². The monoisotopic (exact) mass is 446 g/mol. The van der Waals surface area contributed by atoms with E-state index in [0.29, 0.717) is 16.9 Å². The van der Waals surface area contributed by atoms with Crippen LogP contribution in [0.15, 0.2) is 46.9 Å². The van der Waals surface area contributed by atoms with E-state index in [9.17, 15) is 9.18 Å². The van der Waals surface area contributed by atoms with Gasteiger partial charge in [0.1, 0.15) is 11.6 Å². The lowest BCUT2D eigenvalue weighted by Crippen LogP contribution is -2.29. The molecule has 0 bridgehead atoms. The van der Waals surface area contributed by atoms with Crippen LogP contribution < -0.4 is 9.64 Å². The van der Waals surface area contributed by atoms with Crippen LogP contribution in [0.25, 0.3) is 6.08 Å². The average Bonchev–Trinajstić information content (AvgIpc) is 2.91. The third-order valence-electron chi connectivity index (χ3n) is 4.91. The number of halogens is 2. The molecule has 28 heavy (non-hydrogen) atoms. The maximum Gasteiger partial charge on any atom is 0.187 e. The van der Waals surface area contributed by atoms with Crippen molar-refractivity contribution in [1.29, 1.82) is 0 Å². The van der Waals surface area contributed by atoms with Crippen molar-refractivity contribution in [2.75, 3.05) is 45.2 Å².